The van der Waals surface area contributed by atoms with E-state index in [2.05, 4.69) is 23.5 Å². The fraction of sp³-hybridized carbons (Fsp3) is 0.567. The van der Waals surface area contributed by atoms with E-state index in [-0.39, 0.29) is 36.8 Å². The summed E-state index contributed by atoms with van der Waals surface area (Å²) in [4.78, 5) is 32.7. The number of rotatable bonds is 13. The highest BCUT2D eigenvalue weighted by molar-refractivity contribution is 6.30. The minimum absolute atomic E-state index is 0.0683. The lowest BCUT2D eigenvalue weighted by atomic mass is 9.86. The minimum Gasteiger partial charge on any atom is -0.497 e. The molecule has 0 bridgehead atoms. The third-order valence-corrected chi connectivity index (χ3v) is 7.99. The molecule has 2 heterocycles. The number of nitrogens with one attached hydrogen (secondary N) is 1. The Hall–Kier alpha value is -3.04. The van der Waals surface area contributed by atoms with Crippen molar-refractivity contribution in [2.45, 2.75) is 56.7 Å². The number of fused-ring (bicyclic) bond motifs is 1. The predicted molar refractivity (Wildman–Crippen MR) is 154 cm³/mol. The first-order valence-electron chi connectivity index (χ1n) is 14.0. The molecule has 4 aliphatic rings. The van der Waals surface area contributed by atoms with Gasteiger partial charge in [-0.1, -0.05) is 29.8 Å². The number of likely N-dealkylation sites (tertiary alicyclic amines) is 1. The quantitative estimate of drug-likeness (QED) is 0.192. The van der Waals surface area contributed by atoms with E-state index < -0.39 is 23.8 Å². The van der Waals surface area contributed by atoms with Crippen molar-refractivity contribution < 1.29 is 28.5 Å². The van der Waals surface area contributed by atoms with Gasteiger partial charge in [0.05, 0.1) is 38.3 Å². The van der Waals surface area contributed by atoms with Crippen molar-refractivity contribution in [3.05, 3.63) is 60.5 Å². The van der Waals surface area contributed by atoms with Gasteiger partial charge in [0, 0.05) is 24.9 Å². The Kier molecular flexibility index (Phi) is 10.1. The van der Waals surface area contributed by atoms with Crippen LogP contribution in [0, 0.1) is 17.8 Å². The molecule has 0 aromatic carbocycles. The summed E-state index contributed by atoms with van der Waals surface area (Å²) in [6, 6.07) is -0.761. The Bertz CT molecular complexity index is 1100. The number of hydrogen-bond donors (Lipinski definition) is 1. The molecular formula is C30H40ClN3O6. The molecule has 9 nitrogen and oxygen atoms in total. The van der Waals surface area contributed by atoms with E-state index in [0.717, 1.165) is 31.4 Å². The van der Waals surface area contributed by atoms with E-state index in [1.807, 2.05) is 43.4 Å². The van der Waals surface area contributed by atoms with Crippen LogP contribution in [0.1, 0.15) is 39.0 Å². The lowest BCUT2D eigenvalue weighted by Gasteiger charge is -2.29. The number of halogens is 1. The SMILES string of the molecule is C=CCCCCOC(=O)N1C[C@H](OC2=NC(Cl)=CC3C=C(OC)C=CC23)C[C@H]1C(=O)N[C@]1(COCC)C[C@H]1C=C. The molecule has 2 unspecified atom stereocenters. The first-order chi connectivity index (χ1) is 19.3. The molecule has 2 aliphatic carbocycles. The van der Waals surface area contributed by atoms with E-state index in [0.29, 0.717) is 30.7 Å². The molecular weight excluding hydrogens is 534 g/mol. The summed E-state index contributed by atoms with van der Waals surface area (Å²) in [7, 11) is 1.62. The van der Waals surface area contributed by atoms with Gasteiger partial charge in [0.1, 0.15) is 23.1 Å². The zero-order valence-electron chi connectivity index (χ0n) is 23.4. The van der Waals surface area contributed by atoms with Crippen molar-refractivity contribution in [1.82, 2.24) is 10.2 Å². The van der Waals surface area contributed by atoms with Crippen LogP contribution in [-0.4, -0.2) is 74.0 Å². The second kappa shape index (κ2) is 13.5. The Balaban J connectivity index is 1.47. The van der Waals surface area contributed by atoms with E-state index in [9.17, 15) is 9.59 Å². The van der Waals surface area contributed by atoms with Gasteiger partial charge in [-0.15, -0.1) is 13.2 Å². The number of methoxy groups -OCH3 is 1. The monoisotopic (exact) mass is 573 g/mol. The summed E-state index contributed by atoms with van der Waals surface area (Å²) in [5, 5.41) is 3.48. The maximum absolute atomic E-state index is 13.6. The molecule has 1 saturated heterocycles. The van der Waals surface area contributed by atoms with Gasteiger partial charge in [0.15, 0.2) is 5.90 Å². The summed E-state index contributed by atoms with van der Waals surface area (Å²) < 4.78 is 22.9. The lowest BCUT2D eigenvalue weighted by molar-refractivity contribution is -0.126. The van der Waals surface area contributed by atoms with Crippen LogP contribution in [0.4, 0.5) is 4.79 Å². The molecule has 0 radical (unpaired) electrons. The maximum atomic E-state index is 13.6. The Morgan fingerprint density at radius 1 is 1.30 bits per heavy atom. The van der Waals surface area contributed by atoms with Crippen LogP contribution in [0.15, 0.2) is 65.5 Å². The van der Waals surface area contributed by atoms with Gasteiger partial charge in [0.2, 0.25) is 5.91 Å². The molecule has 0 aromatic heterocycles. The molecule has 6 atom stereocenters. The number of unbranched alkanes of at least 4 members (excludes halogenated alkanes) is 2. The van der Waals surface area contributed by atoms with Gasteiger partial charge in [-0.2, -0.15) is 0 Å². The highest BCUT2D eigenvalue weighted by atomic mass is 35.5. The van der Waals surface area contributed by atoms with Crippen LogP contribution in [-0.2, 0) is 23.7 Å². The molecule has 10 heteroatoms. The molecule has 0 aromatic rings. The summed E-state index contributed by atoms with van der Waals surface area (Å²) in [6.07, 6.45) is 13.8. The number of ether oxygens (including phenoxy) is 4. The standard InChI is InChI=1S/C30H40ClN3O6/c1-5-8-9-10-13-39-29(36)34-18-23(16-25(34)27(35)33-30(19-38-7-3)17-21(30)6-2)40-28-24-12-11-22(37-4)14-20(24)15-26(31)32-28/h5-6,11-12,14-15,20-21,23-25H,1-2,7-10,13,16-19H2,3-4H3,(H,33,35)/t20?,21-,23-,24?,25+,30+/m1/s1. The molecule has 2 amide bonds. The van der Waals surface area contributed by atoms with Gasteiger partial charge in [0.25, 0.3) is 0 Å². The average Bonchev–Trinajstić information content (AvgIpc) is 3.46. The van der Waals surface area contributed by atoms with Gasteiger partial charge < -0.3 is 24.3 Å². The fourth-order valence-electron chi connectivity index (χ4n) is 5.43. The van der Waals surface area contributed by atoms with Gasteiger partial charge >= 0.3 is 6.09 Å². The topological polar surface area (TPSA) is 98.7 Å². The molecule has 1 saturated carbocycles. The van der Waals surface area contributed by atoms with Gasteiger partial charge in [-0.25, -0.2) is 9.79 Å². The Labute approximate surface area is 241 Å². The normalized spacial score (nSPS) is 30.3. The molecule has 40 heavy (non-hydrogen) atoms. The summed E-state index contributed by atoms with van der Waals surface area (Å²) in [5.41, 5.74) is -0.509. The number of carbonyl (C=O) groups excluding carboxylic acids is 2. The number of nitrogens with zero attached hydrogens (tertiary/aromatic N) is 2. The molecule has 218 valence electrons. The van der Waals surface area contributed by atoms with Crippen LogP contribution in [0.3, 0.4) is 0 Å². The third kappa shape index (κ3) is 6.99. The van der Waals surface area contributed by atoms with Crippen molar-refractivity contribution >= 4 is 29.5 Å². The molecule has 1 N–H and O–H groups in total. The maximum Gasteiger partial charge on any atom is 0.410 e. The van der Waals surface area contributed by atoms with Gasteiger partial charge in [-0.3, -0.25) is 9.69 Å². The Morgan fingerprint density at radius 3 is 2.83 bits per heavy atom. The van der Waals surface area contributed by atoms with Crippen molar-refractivity contribution in [1.29, 1.82) is 0 Å². The molecule has 2 fully saturated rings. The number of amides is 2. The largest absolute Gasteiger partial charge is 0.497 e. The van der Waals surface area contributed by atoms with Crippen molar-refractivity contribution in [2.75, 3.05) is 33.5 Å². The van der Waals surface area contributed by atoms with Crippen LogP contribution < -0.4 is 5.32 Å². The van der Waals surface area contributed by atoms with Crippen molar-refractivity contribution in [3.63, 3.8) is 0 Å². The van der Waals surface area contributed by atoms with Crippen LogP contribution in [0.2, 0.25) is 0 Å². The molecule has 0 spiro atoms. The van der Waals surface area contributed by atoms with Crippen LogP contribution in [0.5, 0.6) is 0 Å². The van der Waals surface area contributed by atoms with Gasteiger partial charge in [-0.05, 0) is 50.8 Å². The zero-order valence-corrected chi connectivity index (χ0v) is 24.1. The number of carbonyl (C=O) groups is 2. The third-order valence-electron chi connectivity index (χ3n) is 7.78. The fourth-order valence-corrected chi connectivity index (χ4v) is 5.66. The minimum atomic E-state index is -0.761. The highest BCUT2D eigenvalue weighted by Gasteiger charge is 2.55. The summed E-state index contributed by atoms with van der Waals surface area (Å²) >= 11 is 6.33. The lowest BCUT2D eigenvalue weighted by Crippen LogP contribution is -2.51. The first-order valence-corrected chi connectivity index (χ1v) is 14.3. The second-order valence-corrected chi connectivity index (χ2v) is 10.9. The first kappa shape index (κ1) is 29.9. The number of hydrogen-bond acceptors (Lipinski definition) is 7. The second-order valence-electron chi connectivity index (χ2n) is 10.5. The van der Waals surface area contributed by atoms with Crippen molar-refractivity contribution in [3.8, 4) is 0 Å². The number of aliphatic imine (C=N–C) groups is 1. The summed E-state index contributed by atoms with van der Waals surface area (Å²) in [6.45, 7) is 10.9. The van der Waals surface area contributed by atoms with Crippen LogP contribution in [0.25, 0.3) is 0 Å². The predicted octanol–water partition coefficient (Wildman–Crippen LogP) is 4.86. The van der Waals surface area contributed by atoms with Crippen molar-refractivity contribution in [2.24, 2.45) is 22.7 Å². The average molecular weight is 574 g/mol. The van der Waals surface area contributed by atoms with Crippen LogP contribution >= 0.6 is 11.6 Å². The number of allylic oxidation sites excluding steroid dienone is 4. The Morgan fingerprint density at radius 2 is 2.12 bits per heavy atom. The molecule has 2 aliphatic heterocycles. The van der Waals surface area contributed by atoms with E-state index in [1.165, 1.54) is 4.90 Å². The van der Waals surface area contributed by atoms with E-state index >= 15 is 0 Å². The highest BCUT2D eigenvalue weighted by Crippen LogP contribution is 2.45. The smallest absolute Gasteiger partial charge is 0.410 e. The zero-order chi connectivity index (χ0) is 28.7. The summed E-state index contributed by atoms with van der Waals surface area (Å²) in [5.74, 6) is 0.820. The van der Waals surface area contributed by atoms with E-state index in [1.54, 1.807) is 7.11 Å². The van der Waals surface area contributed by atoms with E-state index in [4.69, 9.17) is 30.5 Å². The molecule has 4 rings (SSSR count).